The molecule has 3 unspecified atom stereocenters. The van der Waals surface area contributed by atoms with Gasteiger partial charge in [0, 0.05) is 38.1 Å². The van der Waals surface area contributed by atoms with Crippen LogP contribution in [0, 0.1) is 6.92 Å². The van der Waals surface area contributed by atoms with Crippen molar-refractivity contribution in [2.24, 2.45) is 0 Å². The van der Waals surface area contributed by atoms with E-state index in [2.05, 4.69) is 10.2 Å². The summed E-state index contributed by atoms with van der Waals surface area (Å²) in [5, 5.41) is 11.6. The van der Waals surface area contributed by atoms with Gasteiger partial charge in [0.05, 0.1) is 23.4 Å². The quantitative estimate of drug-likeness (QED) is 0.307. The topological polar surface area (TPSA) is 147 Å². The normalized spacial score (nSPS) is 19.4. The minimum atomic E-state index is -3.44. The number of carbonyl (C=O) groups is 2. The molecule has 0 spiro atoms. The lowest BCUT2D eigenvalue weighted by molar-refractivity contribution is -0.139. The van der Waals surface area contributed by atoms with Crippen LogP contribution >= 0.6 is 0 Å². The van der Waals surface area contributed by atoms with Crippen molar-refractivity contribution in [3.05, 3.63) is 95.1 Å². The molecule has 2 aliphatic rings. The van der Waals surface area contributed by atoms with E-state index < -0.39 is 42.8 Å². The summed E-state index contributed by atoms with van der Waals surface area (Å²) in [6.45, 7) is 3.04. The molecule has 0 aromatic heterocycles. The van der Waals surface area contributed by atoms with Crippen LogP contribution in [0.5, 0.6) is 0 Å². The molecule has 2 aromatic rings. The van der Waals surface area contributed by atoms with Crippen molar-refractivity contribution in [1.82, 2.24) is 10.2 Å². The fraction of sp³-hybridized carbons (Fsp3) is 0.412. The number of sulfone groups is 2. The Balaban J connectivity index is 1.60. The SMILES string of the molecule is COCC1CC(S(=O)(=O)CC2=CCC=CC=C2)CN1Cc1ccc(C(=O)NC(CCS(C)(=O)=O)C(=O)O)c(-c2ccccc2C)c1. The average molecular weight is 671 g/mol. The molecule has 46 heavy (non-hydrogen) atoms. The lowest BCUT2D eigenvalue weighted by Crippen LogP contribution is -2.42. The number of allylic oxidation sites excluding steroid dienone is 5. The number of likely N-dealkylation sites (tertiary alicyclic amines) is 1. The van der Waals surface area contributed by atoms with E-state index in [4.69, 9.17) is 4.74 Å². The summed E-state index contributed by atoms with van der Waals surface area (Å²) in [6, 6.07) is 11.3. The third kappa shape index (κ3) is 9.47. The number of aryl methyl sites for hydroxylation is 1. The third-order valence-corrected chi connectivity index (χ3v) is 11.4. The van der Waals surface area contributed by atoms with Gasteiger partial charge in [-0.2, -0.15) is 0 Å². The van der Waals surface area contributed by atoms with Crippen LogP contribution in [-0.4, -0.2) is 94.1 Å². The smallest absolute Gasteiger partial charge is 0.326 e. The number of carbonyl (C=O) groups excluding carboxylic acids is 1. The molecule has 1 fully saturated rings. The summed E-state index contributed by atoms with van der Waals surface area (Å²) < 4.78 is 55.8. The standard InChI is InChI=1S/C34H42N2O8S2/c1-24-10-8-9-13-29(24)31-18-26(14-15-30(31)33(37)35-32(34(38)39)16-17-45(3,40)41)20-36-21-28(19-27(36)22-44-2)46(42,43)23-25-11-6-4-5-7-12-25/h4-6,8-15,18,27-28,32H,7,16-17,19-23H2,1-3H3,(H,35,37)(H,38,39). The van der Waals surface area contributed by atoms with E-state index in [1.165, 1.54) is 0 Å². The van der Waals surface area contributed by atoms with Gasteiger partial charge in [-0.15, -0.1) is 0 Å². The number of rotatable bonds is 14. The Morgan fingerprint density at radius 3 is 2.54 bits per heavy atom. The molecule has 1 aliphatic carbocycles. The molecule has 1 saturated heterocycles. The van der Waals surface area contributed by atoms with Crippen molar-refractivity contribution in [2.75, 3.05) is 38.0 Å². The van der Waals surface area contributed by atoms with Gasteiger partial charge >= 0.3 is 5.97 Å². The van der Waals surface area contributed by atoms with Crippen LogP contribution in [0.4, 0.5) is 0 Å². The minimum Gasteiger partial charge on any atom is -0.480 e. The first-order chi connectivity index (χ1) is 21.8. The van der Waals surface area contributed by atoms with Gasteiger partial charge in [-0.05, 0) is 66.1 Å². The Morgan fingerprint density at radius 2 is 1.85 bits per heavy atom. The highest BCUT2D eigenvalue weighted by Gasteiger charge is 2.39. The zero-order valence-electron chi connectivity index (χ0n) is 26.4. The molecule has 1 aliphatic heterocycles. The molecule has 0 saturated carbocycles. The second-order valence-electron chi connectivity index (χ2n) is 12.0. The van der Waals surface area contributed by atoms with Crippen LogP contribution in [-0.2, 0) is 35.8 Å². The summed E-state index contributed by atoms with van der Waals surface area (Å²) in [5.74, 6) is -2.36. The van der Waals surface area contributed by atoms with Crippen LogP contribution in [0.15, 0.2) is 78.4 Å². The van der Waals surface area contributed by atoms with Gasteiger partial charge in [-0.1, -0.05) is 60.7 Å². The number of carboxylic acids is 1. The summed E-state index contributed by atoms with van der Waals surface area (Å²) in [5.41, 5.74) is 4.16. The highest BCUT2D eigenvalue weighted by Crippen LogP contribution is 2.31. The van der Waals surface area contributed by atoms with Crippen molar-refractivity contribution < 1.29 is 36.3 Å². The van der Waals surface area contributed by atoms with E-state index in [9.17, 15) is 31.5 Å². The summed E-state index contributed by atoms with van der Waals surface area (Å²) in [4.78, 5) is 27.5. The van der Waals surface area contributed by atoms with Crippen molar-refractivity contribution in [2.45, 2.75) is 50.1 Å². The molecule has 0 bridgehead atoms. The van der Waals surface area contributed by atoms with Gasteiger partial charge in [-0.3, -0.25) is 9.69 Å². The van der Waals surface area contributed by atoms with E-state index in [1.807, 2.05) is 67.6 Å². The van der Waals surface area contributed by atoms with E-state index in [0.29, 0.717) is 38.1 Å². The maximum Gasteiger partial charge on any atom is 0.326 e. The number of carboxylic acid groups (broad SMARTS) is 1. The zero-order chi connectivity index (χ0) is 33.5. The van der Waals surface area contributed by atoms with E-state index in [0.717, 1.165) is 28.5 Å². The van der Waals surface area contributed by atoms with Gasteiger partial charge in [0.15, 0.2) is 9.84 Å². The Labute approximate surface area is 271 Å². The average Bonchev–Trinajstić information content (AvgIpc) is 3.21. The number of benzene rings is 2. The molecule has 0 radical (unpaired) electrons. The molecular formula is C34H42N2O8S2. The van der Waals surface area contributed by atoms with Gasteiger partial charge < -0.3 is 15.2 Å². The Morgan fingerprint density at radius 1 is 1.09 bits per heavy atom. The Bertz CT molecular complexity index is 1750. The summed E-state index contributed by atoms with van der Waals surface area (Å²) in [6.07, 6.45) is 11.4. The minimum absolute atomic E-state index is 0.0217. The van der Waals surface area contributed by atoms with E-state index >= 15 is 0 Å². The van der Waals surface area contributed by atoms with Crippen LogP contribution in [0.1, 0.15) is 40.7 Å². The summed E-state index contributed by atoms with van der Waals surface area (Å²) >= 11 is 0. The lowest BCUT2D eigenvalue weighted by Gasteiger charge is -2.24. The van der Waals surface area contributed by atoms with Crippen molar-refractivity contribution in [3.8, 4) is 11.1 Å². The molecule has 2 N–H and O–H groups in total. The highest BCUT2D eigenvalue weighted by atomic mass is 32.2. The first kappa shape index (κ1) is 35.3. The number of hydrogen-bond donors (Lipinski definition) is 2. The second kappa shape index (κ2) is 15.3. The first-order valence-corrected chi connectivity index (χ1v) is 18.9. The predicted molar refractivity (Wildman–Crippen MR) is 179 cm³/mol. The van der Waals surface area contributed by atoms with Crippen LogP contribution < -0.4 is 5.32 Å². The van der Waals surface area contributed by atoms with Crippen LogP contribution in [0.2, 0.25) is 0 Å². The summed E-state index contributed by atoms with van der Waals surface area (Å²) in [7, 11) is -5.28. The Kier molecular flexibility index (Phi) is 11.8. The fourth-order valence-electron chi connectivity index (χ4n) is 5.88. The number of amides is 1. The number of hydrogen-bond acceptors (Lipinski definition) is 8. The second-order valence-corrected chi connectivity index (χ2v) is 16.5. The van der Waals surface area contributed by atoms with Gasteiger partial charge in [0.1, 0.15) is 15.9 Å². The predicted octanol–water partition coefficient (Wildman–Crippen LogP) is 3.73. The Hall–Kier alpha value is -3.58. The molecule has 248 valence electrons. The molecular weight excluding hydrogens is 629 g/mol. The van der Waals surface area contributed by atoms with Crippen molar-refractivity contribution in [1.29, 1.82) is 0 Å². The fourth-order valence-corrected chi connectivity index (χ4v) is 8.40. The number of aliphatic carboxylic acids is 1. The number of ether oxygens (including phenoxy) is 1. The molecule has 4 rings (SSSR count). The van der Waals surface area contributed by atoms with Crippen molar-refractivity contribution in [3.63, 3.8) is 0 Å². The molecule has 2 aromatic carbocycles. The monoisotopic (exact) mass is 670 g/mol. The molecule has 12 heteroatoms. The number of nitrogens with zero attached hydrogens (tertiary/aromatic N) is 1. The largest absolute Gasteiger partial charge is 0.480 e. The van der Waals surface area contributed by atoms with Gasteiger partial charge in [0.2, 0.25) is 0 Å². The molecule has 1 heterocycles. The van der Waals surface area contributed by atoms with Crippen LogP contribution in [0.25, 0.3) is 11.1 Å². The lowest BCUT2D eigenvalue weighted by atomic mass is 9.93. The molecule has 1 amide bonds. The maximum absolute atomic E-state index is 13.5. The molecule has 10 nitrogen and oxygen atoms in total. The van der Waals surface area contributed by atoms with Gasteiger partial charge in [0.25, 0.3) is 5.91 Å². The number of methoxy groups -OCH3 is 1. The zero-order valence-corrected chi connectivity index (χ0v) is 28.0. The molecule has 3 atom stereocenters. The van der Waals surface area contributed by atoms with E-state index in [1.54, 1.807) is 19.2 Å². The first-order valence-electron chi connectivity index (χ1n) is 15.1. The third-order valence-electron chi connectivity index (χ3n) is 8.33. The van der Waals surface area contributed by atoms with Crippen LogP contribution in [0.3, 0.4) is 0 Å². The number of nitrogens with one attached hydrogen (secondary N) is 1. The van der Waals surface area contributed by atoms with Crippen molar-refractivity contribution >= 4 is 31.6 Å². The maximum atomic E-state index is 13.5. The highest BCUT2D eigenvalue weighted by molar-refractivity contribution is 7.92. The van der Waals surface area contributed by atoms with E-state index in [-0.39, 0.29) is 29.5 Å². The van der Waals surface area contributed by atoms with Gasteiger partial charge in [-0.25, -0.2) is 21.6 Å².